The van der Waals surface area contributed by atoms with E-state index >= 15 is 0 Å². The van der Waals surface area contributed by atoms with Crippen molar-refractivity contribution in [2.45, 2.75) is 51.2 Å². The molecule has 1 aliphatic carbocycles. The van der Waals surface area contributed by atoms with Crippen LogP contribution in [0.1, 0.15) is 39.0 Å². The van der Waals surface area contributed by atoms with Crippen molar-refractivity contribution < 1.29 is 19.4 Å². The van der Waals surface area contributed by atoms with Crippen molar-refractivity contribution >= 4 is 11.9 Å². The summed E-state index contributed by atoms with van der Waals surface area (Å²) in [6.07, 6.45) is 4.20. The van der Waals surface area contributed by atoms with E-state index in [0.717, 1.165) is 12.8 Å². The summed E-state index contributed by atoms with van der Waals surface area (Å²) >= 11 is 0. The third kappa shape index (κ3) is 3.70. The van der Waals surface area contributed by atoms with Crippen LogP contribution < -0.4 is 5.32 Å². The van der Waals surface area contributed by atoms with Gasteiger partial charge in [-0.2, -0.15) is 0 Å². The van der Waals surface area contributed by atoms with Gasteiger partial charge < -0.3 is 15.2 Å². The maximum Gasteiger partial charge on any atom is 0.326 e. The molecule has 0 bridgehead atoms. The first-order chi connectivity index (χ1) is 8.56. The lowest BCUT2D eigenvalue weighted by atomic mass is 9.95. The number of carboxylic acids is 1. The number of carbonyl (C=O) groups excluding carboxylic acids is 1. The van der Waals surface area contributed by atoms with Gasteiger partial charge in [0.1, 0.15) is 6.04 Å². The predicted octanol–water partition coefficient (Wildman–Crippen LogP) is 1.17. The fourth-order valence-corrected chi connectivity index (χ4v) is 2.43. The Morgan fingerprint density at radius 3 is 2.67 bits per heavy atom. The van der Waals surface area contributed by atoms with Gasteiger partial charge in [0.2, 0.25) is 5.91 Å². The van der Waals surface area contributed by atoms with E-state index in [1.807, 2.05) is 6.92 Å². The Labute approximate surface area is 107 Å². The molecule has 0 aromatic carbocycles. The highest BCUT2D eigenvalue weighted by molar-refractivity contribution is 5.85. The standard InChI is InChI=1S/C13H21NO4/c1-8-6-10(4-5-18-8)12(15)14-11(13(16)17)7-9-2-3-9/h8-11H,2-7H2,1H3,(H,14,15)(H,16,17). The molecule has 1 saturated heterocycles. The highest BCUT2D eigenvalue weighted by Gasteiger charge is 2.33. The molecule has 0 spiro atoms. The average molecular weight is 255 g/mol. The van der Waals surface area contributed by atoms with Crippen LogP contribution in [0.5, 0.6) is 0 Å². The molecule has 2 fully saturated rings. The van der Waals surface area contributed by atoms with Crippen molar-refractivity contribution in [3.05, 3.63) is 0 Å². The second-order valence-corrected chi connectivity index (χ2v) is 5.48. The summed E-state index contributed by atoms with van der Waals surface area (Å²) in [7, 11) is 0. The molecule has 3 atom stereocenters. The first-order valence-electron chi connectivity index (χ1n) is 6.71. The van der Waals surface area contributed by atoms with Crippen LogP contribution in [0.3, 0.4) is 0 Å². The molecule has 102 valence electrons. The van der Waals surface area contributed by atoms with Gasteiger partial charge in [0, 0.05) is 12.5 Å². The van der Waals surface area contributed by atoms with Gasteiger partial charge >= 0.3 is 5.97 Å². The summed E-state index contributed by atoms with van der Waals surface area (Å²) in [5.74, 6) is -0.664. The molecule has 0 aromatic heterocycles. The fourth-order valence-electron chi connectivity index (χ4n) is 2.43. The van der Waals surface area contributed by atoms with E-state index in [1.165, 1.54) is 0 Å². The number of nitrogens with one attached hydrogen (secondary N) is 1. The molecular formula is C13H21NO4. The zero-order chi connectivity index (χ0) is 13.1. The number of carbonyl (C=O) groups is 2. The molecule has 3 unspecified atom stereocenters. The summed E-state index contributed by atoms with van der Waals surface area (Å²) in [4.78, 5) is 23.1. The number of aliphatic carboxylic acids is 1. The van der Waals surface area contributed by atoms with E-state index in [4.69, 9.17) is 9.84 Å². The predicted molar refractivity (Wildman–Crippen MR) is 65.0 cm³/mol. The van der Waals surface area contributed by atoms with Crippen LogP contribution in [0.2, 0.25) is 0 Å². The minimum absolute atomic E-state index is 0.0845. The van der Waals surface area contributed by atoms with Gasteiger partial charge in [-0.1, -0.05) is 12.8 Å². The van der Waals surface area contributed by atoms with E-state index in [9.17, 15) is 9.59 Å². The van der Waals surface area contributed by atoms with Gasteiger partial charge in [0.05, 0.1) is 6.10 Å². The van der Waals surface area contributed by atoms with Crippen LogP contribution in [0, 0.1) is 11.8 Å². The van der Waals surface area contributed by atoms with Crippen LogP contribution in [0.25, 0.3) is 0 Å². The number of amides is 1. The molecule has 5 nitrogen and oxygen atoms in total. The van der Waals surface area contributed by atoms with Gasteiger partial charge in [-0.15, -0.1) is 0 Å². The van der Waals surface area contributed by atoms with Crippen LogP contribution in [-0.2, 0) is 14.3 Å². The van der Waals surface area contributed by atoms with Crippen LogP contribution >= 0.6 is 0 Å². The Morgan fingerprint density at radius 1 is 1.39 bits per heavy atom. The molecule has 18 heavy (non-hydrogen) atoms. The quantitative estimate of drug-likeness (QED) is 0.773. The molecule has 0 radical (unpaired) electrons. The van der Waals surface area contributed by atoms with Crippen molar-refractivity contribution in [3.63, 3.8) is 0 Å². The van der Waals surface area contributed by atoms with Crippen molar-refractivity contribution in [1.82, 2.24) is 5.32 Å². The molecule has 1 amide bonds. The van der Waals surface area contributed by atoms with E-state index < -0.39 is 12.0 Å². The molecule has 2 rings (SSSR count). The van der Waals surface area contributed by atoms with E-state index in [-0.39, 0.29) is 17.9 Å². The van der Waals surface area contributed by atoms with Crippen LogP contribution in [-0.4, -0.2) is 35.7 Å². The molecule has 1 saturated carbocycles. The zero-order valence-electron chi connectivity index (χ0n) is 10.7. The van der Waals surface area contributed by atoms with Gasteiger partial charge in [-0.3, -0.25) is 4.79 Å². The Hall–Kier alpha value is -1.10. The van der Waals surface area contributed by atoms with E-state index in [2.05, 4.69) is 5.32 Å². The number of hydrogen-bond acceptors (Lipinski definition) is 3. The Bertz CT molecular complexity index is 327. The molecule has 2 N–H and O–H groups in total. The lowest BCUT2D eigenvalue weighted by Crippen LogP contribution is -2.45. The minimum atomic E-state index is -0.921. The monoisotopic (exact) mass is 255 g/mol. The third-order valence-electron chi connectivity index (χ3n) is 3.74. The summed E-state index contributed by atoms with van der Waals surface area (Å²) in [5, 5.41) is 11.8. The Kier molecular flexibility index (Phi) is 4.22. The van der Waals surface area contributed by atoms with Gasteiger partial charge in [-0.05, 0) is 32.1 Å². The minimum Gasteiger partial charge on any atom is -0.480 e. The first-order valence-corrected chi connectivity index (χ1v) is 6.71. The van der Waals surface area contributed by atoms with Crippen molar-refractivity contribution in [2.75, 3.05) is 6.61 Å². The smallest absolute Gasteiger partial charge is 0.326 e. The lowest BCUT2D eigenvalue weighted by molar-refractivity contribution is -0.143. The molecule has 5 heteroatoms. The lowest BCUT2D eigenvalue weighted by Gasteiger charge is -2.27. The maximum atomic E-state index is 12.0. The highest BCUT2D eigenvalue weighted by Crippen LogP contribution is 2.33. The van der Waals surface area contributed by atoms with Gasteiger partial charge in [-0.25, -0.2) is 4.79 Å². The van der Waals surface area contributed by atoms with Crippen LogP contribution in [0.15, 0.2) is 0 Å². The van der Waals surface area contributed by atoms with E-state index in [0.29, 0.717) is 31.8 Å². The molecule has 2 aliphatic rings. The zero-order valence-corrected chi connectivity index (χ0v) is 10.7. The van der Waals surface area contributed by atoms with Gasteiger partial charge in [0.15, 0.2) is 0 Å². The third-order valence-corrected chi connectivity index (χ3v) is 3.74. The number of carboxylic acid groups (broad SMARTS) is 1. The second kappa shape index (κ2) is 5.69. The summed E-state index contributed by atoms with van der Waals surface area (Å²) in [6, 6.07) is -0.719. The SMILES string of the molecule is CC1CC(C(=O)NC(CC2CC2)C(=O)O)CCO1. The Balaban J connectivity index is 1.84. The van der Waals surface area contributed by atoms with Crippen molar-refractivity contribution in [3.8, 4) is 0 Å². The average Bonchev–Trinajstić information content (AvgIpc) is 3.12. The number of hydrogen-bond donors (Lipinski definition) is 2. The van der Waals surface area contributed by atoms with Crippen molar-refractivity contribution in [2.24, 2.45) is 11.8 Å². The highest BCUT2D eigenvalue weighted by atomic mass is 16.5. The van der Waals surface area contributed by atoms with Crippen molar-refractivity contribution in [1.29, 1.82) is 0 Å². The largest absolute Gasteiger partial charge is 0.480 e. The topological polar surface area (TPSA) is 75.6 Å². The first kappa shape index (κ1) is 13.3. The second-order valence-electron chi connectivity index (χ2n) is 5.48. The summed E-state index contributed by atoms with van der Waals surface area (Å²) < 4.78 is 5.39. The Morgan fingerprint density at radius 2 is 2.11 bits per heavy atom. The van der Waals surface area contributed by atoms with Crippen LogP contribution in [0.4, 0.5) is 0 Å². The molecule has 1 aliphatic heterocycles. The number of ether oxygens (including phenoxy) is 1. The van der Waals surface area contributed by atoms with E-state index in [1.54, 1.807) is 0 Å². The summed E-state index contributed by atoms with van der Waals surface area (Å²) in [5.41, 5.74) is 0. The fraction of sp³-hybridized carbons (Fsp3) is 0.846. The molecule has 1 heterocycles. The number of rotatable bonds is 5. The normalized spacial score (nSPS) is 29.6. The molecular weight excluding hydrogens is 234 g/mol. The molecule has 0 aromatic rings. The summed E-state index contributed by atoms with van der Waals surface area (Å²) in [6.45, 7) is 2.53. The maximum absolute atomic E-state index is 12.0. The van der Waals surface area contributed by atoms with Gasteiger partial charge in [0.25, 0.3) is 0 Å².